The van der Waals surface area contributed by atoms with Crippen LogP contribution in [0.15, 0.2) is 42.7 Å². The molecule has 1 amide bonds. The van der Waals surface area contributed by atoms with E-state index >= 15 is 0 Å². The van der Waals surface area contributed by atoms with Crippen LogP contribution in [0.3, 0.4) is 0 Å². The predicted octanol–water partition coefficient (Wildman–Crippen LogP) is 3.73. The molecule has 23 heavy (non-hydrogen) atoms. The monoisotopic (exact) mass is 316 g/mol. The van der Waals surface area contributed by atoms with E-state index in [0.29, 0.717) is 6.42 Å². The van der Waals surface area contributed by atoms with Crippen LogP contribution in [0.4, 0.5) is 8.78 Å². The first-order valence-corrected chi connectivity index (χ1v) is 7.75. The molecular formula is C18H18F2N2O. The lowest BCUT2D eigenvalue weighted by Crippen LogP contribution is -2.30. The van der Waals surface area contributed by atoms with Crippen LogP contribution in [0, 0.1) is 17.6 Å². The summed E-state index contributed by atoms with van der Waals surface area (Å²) < 4.78 is 27.2. The molecule has 0 unspecified atom stereocenters. The predicted molar refractivity (Wildman–Crippen MR) is 82.6 cm³/mol. The summed E-state index contributed by atoms with van der Waals surface area (Å²) in [6.07, 6.45) is 4.72. The Morgan fingerprint density at radius 1 is 1.39 bits per heavy atom. The molecule has 1 fully saturated rings. The van der Waals surface area contributed by atoms with Gasteiger partial charge in [0.15, 0.2) is 0 Å². The molecule has 1 aliphatic rings. The van der Waals surface area contributed by atoms with Crippen LogP contribution in [0.5, 0.6) is 0 Å². The van der Waals surface area contributed by atoms with Crippen LogP contribution in [0.1, 0.15) is 42.9 Å². The van der Waals surface area contributed by atoms with Crippen LogP contribution in [0.2, 0.25) is 0 Å². The minimum atomic E-state index is -0.520. The Labute approximate surface area is 133 Å². The fourth-order valence-corrected chi connectivity index (χ4v) is 2.91. The molecule has 0 aliphatic heterocycles. The first kappa shape index (κ1) is 15.6. The van der Waals surface area contributed by atoms with Crippen molar-refractivity contribution in [3.63, 3.8) is 0 Å². The average molecular weight is 316 g/mol. The Morgan fingerprint density at radius 3 is 2.91 bits per heavy atom. The smallest absolute Gasteiger partial charge is 0.224 e. The molecule has 1 heterocycles. The molecule has 3 rings (SSSR count). The van der Waals surface area contributed by atoms with Gasteiger partial charge in [0.2, 0.25) is 5.91 Å². The summed E-state index contributed by atoms with van der Waals surface area (Å²) in [4.78, 5) is 16.4. The van der Waals surface area contributed by atoms with Crippen LogP contribution in [-0.4, -0.2) is 10.9 Å². The minimum absolute atomic E-state index is 0.116. The van der Waals surface area contributed by atoms with Crippen molar-refractivity contribution >= 4 is 5.91 Å². The van der Waals surface area contributed by atoms with Gasteiger partial charge in [0, 0.05) is 23.9 Å². The van der Waals surface area contributed by atoms with E-state index in [9.17, 15) is 13.6 Å². The molecule has 1 aromatic heterocycles. The van der Waals surface area contributed by atoms with Gasteiger partial charge in [-0.1, -0.05) is 13.0 Å². The molecule has 0 radical (unpaired) electrons. The summed E-state index contributed by atoms with van der Waals surface area (Å²) in [6.45, 7) is 1.83. The van der Waals surface area contributed by atoms with E-state index in [2.05, 4.69) is 10.3 Å². The summed E-state index contributed by atoms with van der Waals surface area (Å²) in [7, 11) is 0. The molecule has 0 saturated heterocycles. The van der Waals surface area contributed by atoms with Crippen LogP contribution < -0.4 is 5.32 Å². The van der Waals surface area contributed by atoms with E-state index < -0.39 is 17.7 Å². The van der Waals surface area contributed by atoms with E-state index in [1.54, 1.807) is 12.4 Å². The van der Waals surface area contributed by atoms with Gasteiger partial charge in [0.1, 0.15) is 11.6 Å². The second-order valence-electron chi connectivity index (χ2n) is 5.87. The van der Waals surface area contributed by atoms with Crippen LogP contribution >= 0.6 is 0 Å². The minimum Gasteiger partial charge on any atom is -0.349 e. The van der Waals surface area contributed by atoms with Gasteiger partial charge in [-0.3, -0.25) is 9.78 Å². The number of halogens is 2. The maximum absolute atomic E-state index is 13.9. The lowest BCUT2D eigenvalue weighted by atomic mass is 10.0. The standard InChI is InChI=1S/C18H18F2N2O/c1-2-17(15-8-12(19)5-6-16(15)20)22-18(23)14-9-13(14)11-4-3-7-21-10-11/h3-8,10,13-14,17H,2,9H2,1H3,(H,22,23)/t13-,14+,17+/m1/s1. The topological polar surface area (TPSA) is 42.0 Å². The second-order valence-corrected chi connectivity index (χ2v) is 5.87. The highest BCUT2D eigenvalue weighted by atomic mass is 19.1. The molecular weight excluding hydrogens is 298 g/mol. The van der Waals surface area contributed by atoms with Crippen molar-refractivity contribution in [1.82, 2.24) is 10.3 Å². The largest absolute Gasteiger partial charge is 0.349 e. The van der Waals surface area contributed by atoms with E-state index in [1.165, 1.54) is 0 Å². The van der Waals surface area contributed by atoms with Crippen molar-refractivity contribution in [3.05, 3.63) is 65.5 Å². The van der Waals surface area contributed by atoms with E-state index in [0.717, 1.165) is 30.2 Å². The Kier molecular flexibility index (Phi) is 4.37. The second kappa shape index (κ2) is 6.44. The summed E-state index contributed by atoms with van der Waals surface area (Å²) >= 11 is 0. The van der Waals surface area contributed by atoms with Crippen molar-refractivity contribution < 1.29 is 13.6 Å². The lowest BCUT2D eigenvalue weighted by molar-refractivity contribution is -0.123. The zero-order valence-corrected chi connectivity index (χ0v) is 12.8. The van der Waals surface area contributed by atoms with Crippen molar-refractivity contribution in [1.29, 1.82) is 0 Å². The summed E-state index contributed by atoms with van der Waals surface area (Å²) in [5.74, 6) is -1.08. The number of rotatable bonds is 5. The maximum atomic E-state index is 13.9. The van der Waals surface area contributed by atoms with Crippen molar-refractivity contribution in [2.24, 2.45) is 5.92 Å². The van der Waals surface area contributed by atoms with E-state index in [-0.39, 0.29) is 23.3 Å². The number of carbonyl (C=O) groups is 1. The summed E-state index contributed by atoms with van der Waals surface area (Å²) in [6, 6.07) is 6.60. The van der Waals surface area contributed by atoms with Gasteiger partial charge in [-0.2, -0.15) is 0 Å². The van der Waals surface area contributed by atoms with Crippen molar-refractivity contribution in [2.45, 2.75) is 31.7 Å². The number of nitrogens with one attached hydrogen (secondary N) is 1. The third-order valence-electron chi connectivity index (χ3n) is 4.30. The van der Waals surface area contributed by atoms with Gasteiger partial charge in [-0.05, 0) is 48.6 Å². The Bertz CT molecular complexity index is 705. The first-order valence-electron chi connectivity index (χ1n) is 7.75. The van der Waals surface area contributed by atoms with Gasteiger partial charge in [-0.15, -0.1) is 0 Å². The van der Waals surface area contributed by atoms with Crippen LogP contribution in [0.25, 0.3) is 0 Å². The fourth-order valence-electron chi connectivity index (χ4n) is 2.91. The van der Waals surface area contributed by atoms with Crippen molar-refractivity contribution in [3.8, 4) is 0 Å². The number of nitrogens with zero attached hydrogens (tertiary/aromatic N) is 1. The Morgan fingerprint density at radius 2 is 2.22 bits per heavy atom. The maximum Gasteiger partial charge on any atom is 0.224 e. The highest BCUT2D eigenvalue weighted by Crippen LogP contribution is 2.47. The highest BCUT2D eigenvalue weighted by molar-refractivity contribution is 5.83. The molecule has 2 aromatic rings. The number of amides is 1. The number of hydrogen-bond donors (Lipinski definition) is 1. The van der Waals surface area contributed by atoms with Gasteiger partial charge >= 0.3 is 0 Å². The molecule has 1 N–H and O–H groups in total. The number of carbonyl (C=O) groups excluding carboxylic acids is 1. The third kappa shape index (κ3) is 3.38. The van der Waals surface area contributed by atoms with E-state index in [4.69, 9.17) is 0 Å². The number of aromatic nitrogens is 1. The summed E-state index contributed by atoms with van der Waals surface area (Å²) in [5.41, 5.74) is 1.23. The Hall–Kier alpha value is -2.30. The van der Waals surface area contributed by atoms with Crippen molar-refractivity contribution in [2.75, 3.05) is 0 Å². The zero-order valence-electron chi connectivity index (χ0n) is 12.8. The summed E-state index contributed by atoms with van der Waals surface area (Å²) in [5, 5.41) is 2.85. The van der Waals surface area contributed by atoms with Gasteiger partial charge in [0.25, 0.3) is 0 Å². The van der Waals surface area contributed by atoms with Gasteiger partial charge < -0.3 is 5.32 Å². The molecule has 3 atom stereocenters. The molecule has 1 aromatic carbocycles. The third-order valence-corrected chi connectivity index (χ3v) is 4.30. The molecule has 3 nitrogen and oxygen atoms in total. The number of hydrogen-bond acceptors (Lipinski definition) is 2. The first-order chi connectivity index (χ1) is 11.1. The SMILES string of the molecule is CC[C@H](NC(=O)[C@H]1C[C@@H]1c1cccnc1)c1cc(F)ccc1F. The number of pyridine rings is 1. The average Bonchev–Trinajstić information content (AvgIpc) is 3.36. The normalized spacial score (nSPS) is 20.8. The molecule has 1 saturated carbocycles. The number of benzene rings is 1. The molecule has 0 spiro atoms. The van der Waals surface area contributed by atoms with Gasteiger partial charge in [-0.25, -0.2) is 8.78 Å². The van der Waals surface area contributed by atoms with Gasteiger partial charge in [0.05, 0.1) is 6.04 Å². The highest BCUT2D eigenvalue weighted by Gasteiger charge is 2.44. The molecule has 5 heteroatoms. The molecule has 120 valence electrons. The van der Waals surface area contributed by atoms with E-state index in [1.807, 2.05) is 19.1 Å². The van der Waals surface area contributed by atoms with Crippen LogP contribution in [-0.2, 0) is 4.79 Å². The molecule has 1 aliphatic carbocycles. The lowest BCUT2D eigenvalue weighted by Gasteiger charge is -2.18. The fraction of sp³-hybridized carbons (Fsp3) is 0.333. The quantitative estimate of drug-likeness (QED) is 0.913. The molecule has 0 bridgehead atoms. The Balaban J connectivity index is 1.68. The zero-order chi connectivity index (χ0) is 16.4.